The lowest BCUT2D eigenvalue weighted by molar-refractivity contribution is -0.548. The topological polar surface area (TPSA) is 90.7 Å². The average molecular weight is 616 g/mol. The van der Waals surface area contributed by atoms with Crippen molar-refractivity contribution in [3.63, 3.8) is 0 Å². The van der Waals surface area contributed by atoms with Gasteiger partial charge in [0.1, 0.15) is 0 Å². The Morgan fingerprint density at radius 3 is 1.44 bits per heavy atom. The Balaban J connectivity index is 3.60. The molecule has 39 heavy (non-hydrogen) atoms. The van der Waals surface area contributed by atoms with Crippen LogP contribution >= 0.6 is 0 Å². The molecule has 0 aromatic heterocycles. The van der Waals surface area contributed by atoms with E-state index in [-0.39, 0.29) is 12.1 Å². The van der Waals surface area contributed by atoms with E-state index in [0.717, 1.165) is 0 Å². The van der Waals surface area contributed by atoms with Gasteiger partial charge in [-0.2, -0.15) is 74.6 Å². The van der Waals surface area contributed by atoms with E-state index < -0.39 is 70.6 Å². The second-order valence-corrected chi connectivity index (χ2v) is 6.75. The van der Waals surface area contributed by atoms with E-state index in [1.54, 1.807) is 0 Å². The normalized spacial score (nSPS) is 17.3. The van der Waals surface area contributed by atoms with Crippen LogP contribution in [0.5, 0.6) is 0 Å². The van der Waals surface area contributed by atoms with E-state index in [0.29, 0.717) is 17.4 Å². The molecule has 0 fully saturated rings. The smallest absolute Gasteiger partial charge is 0.321 e. The number of nitrogens with one attached hydrogen (secondary N) is 1. The van der Waals surface area contributed by atoms with Crippen LogP contribution in [0.1, 0.15) is 0 Å². The van der Waals surface area contributed by atoms with E-state index >= 15 is 0 Å². The van der Waals surface area contributed by atoms with Crippen molar-refractivity contribution in [3.05, 3.63) is 34.4 Å². The first-order valence-corrected chi connectivity index (χ1v) is 8.64. The van der Waals surface area contributed by atoms with Crippen molar-refractivity contribution in [3.8, 4) is 0 Å². The minimum absolute atomic E-state index is 0.267. The van der Waals surface area contributed by atoms with Crippen molar-refractivity contribution >= 4 is 17.3 Å². The van der Waals surface area contributed by atoms with Crippen LogP contribution in [0.15, 0.2) is 24.3 Å². The fourth-order valence-corrected chi connectivity index (χ4v) is 2.04. The van der Waals surface area contributed by atoms with Gasteiger partial charge in [-0.25, -0.2) is 0 Å². The van der Waals surface area contributed by atoms with Crippen molar-refractivity contribution in [2.75, 3.05) is 5.32 Å². The van der Waals surface area contributed by atoms with Crippen LogP contribution < -0.4 is 5.32 Å². The highest BCUT2D eigenvalue weighted by Gasteiger charge is 2.85. The van der Waals surface area contributed by atoms with Gasteiger partial charge in [-0.15, -0.1) is 0 Å². The second-order valence-electron chi connectivity index (χ2n) is 6.75. The molecule has 0 saturated carbocycles. The van der Waals surface area contributed by atoms with E-state index in [1.807, 2.05) is 4.74 Å². The van der Waals surface area contributed by atoms with Gasteiger partial charge in [0.25, 0.3) is 11.6 Å². The highest BCUT2D eigenvalue weighted by molar-refractivity contribution is 5.97. The number of hydrogen-bond donors (Lipinski definition) is 1. The molecule has 0 aliphatic carbocycles. The molecule has 0 spiro atoms. The minimum atomic E-state index is -8.13. The molecule has 2 atom stereocenters. The number of anilines is 1. The van der Waals surface area contributed by atoms with Gasteiger partial charge in [-0.1, -0.05) is 0 Å². The zero-order valence-electron chi connectivity index (χ0n) is 17.2. The van der Waals surface area contributed by atoms with E-state index in [9.17, 15) is 89.5 Å². The van der Waals surface area contributed by atoms with Gasteiger partial charge in [0.15, 0.2) is 0 Å². The second kappa shape index (κ2) is 9.78. The van der Waals surface area contributed by atoms with Gasteiger partial charge in [-0.05, 0) is 12.1 Å². The third kappa shape index (κ3) is 6.19. The summed E-state index contributed by atoms with van der Waals surface area (Å²) in [6.07, 6.45) is -38.9. The molecule has 0 aliphatic heterocycles. The van der Waals surface area contributed by atoms with Crippen molar-refractivity contribution in [2.45, 2.75) is 48.4 Å². The van der Waals surface area contributed by atoms with Crippen molar-refractivity contribution in [1.82, 2.24) is 0 Å². The number of carbonyl (C=O) groups is 1. The maximum absolute atomic E-state index is 14.4. The van der Waals surface area contributed by atoms with Gasteiger partial charge in [-0.3, -0.25) is 24.4 Å². The number of rotatable bonds is 9. The number of alkyl halides is 17. The molecule has 1 aromatic rings. The van der Waals surface area contributed by atoms with Crippen LogP contribution in [-0.4, -0.2) is 59.2 Å². The lowest BCUT2D eigenvalue weighted by Gasteiger charge is -2.40. The van der Waals surface area contributed by atoms with Crippen LogP contribution in [0.3, 0.4) is 0 Å². The van der Waals surface area contributed by atoms with Crippen LogP contribution in [-0.2, 0) is 14.3 Å². The van der Waals surface area contributed by atoms with Crippen LogP contribution in [0.25, 0.3) is 0 Å². The number of halogens is 17. The SMILES string of the molecule is O=C(Nc1ccc([N+](=O)[O-])cc1)[C@](F)(OC(F)(F)[C@](F)(OC(F)(F)C(F)(F)C(F)(F)F)C(F)(F)F)C(F)(F)F. The molecular weight excluding hydrogens is 611 g/mol. The lowest BCUT2D eigenvalue weighted by atomic mass is 10.2. The quantitative estimate of drug-likeness (QED) is 0.197. The summed E-state index contributed by atoms with van der Waals surface area (Å²) < 4.78 is 226. The zero-order valence-corrected chi connectivity index (χ0v) is 17.2. The molecule has 0 unspecified atom stereocenters. The molecule has 0 heterocycles. The maximum Gasteiger partial charge on any atom is 0.462 e. The van der Waals surface area contributed by atoms with Gasteiger partial charge in [0.2, 0.25) is 0 Å². The fourth-order valence-electron chi connectivity index (χ4n) is 2.04. The number of nitro benzene ring substituents is 1. The highest BCUT2D eigenvalue weighted by Crippen LogP contribution is 2.56. The first-order valence-electron chi connectivity index (χ1n) is 8.64. The molecule has 24 heteroatoms. The van der Waals surface area contributed by atoms with Gasteiger partial charge in [0, 0.05) is 17.8 Å². The van der Waals surface area contributed by atoms with Gasteiger partial charge < -0.3 is 5.32 Å². The summed E-state index contributed by atoms with van der Waals surface area (Å²) >= 11 is 0. The summed E-state index contributed by atoms with van der Waals surface area (Å²) in [5.41, 5.74) is -2.04. The molecule has 1 rings (SSSR count). The Bertz CT molecular complexity index is 1070. The van der Waals surface area contributed by atoms with E-state index in [1.165, 1.54) is 4.74 Å². The Kier molecular flexibility index (Phi) is 8.49. The van der Waals surface area contributed by atoms with E-state index in [4.69, 9.17) is 0 Å². The number of nitro groups is 1. The Morgan fingerprint density at radius 1 is 0.667 bits per heavy atom. The monoisotopic (exact) mass is 616 g/mol. The van der Waals surface area contributed by atoms with Crippen LogP contribution in [0, 0.1) is 10.1 Å². The van der Waals surface area contributed by atoms with E-state index in [2.05, 4.69) is 0 Å². The lowest BCUT2D eigenvalue weighted by Crippen LogP contribution is -2.68. The largest absolute Gasteiger partial charge is 0.462 e. The molecule has 7 nitrogen and oxygen atoms in total. The predicted octanol–water partition coefficient (Wildman–Crippen LogP) is 6.41. The molecule has 224 valence electrons. The molecular formula is C15H5F17N2O5. The number of amides is 1. The number of non-ortho nitro benzene ring substituents is 1. The van der Waals surface area contributed by atoms with Crippen LogP contribution in [0.2, 0.25) is 0 Å². The average Bonchev–Trinajstić information content (AvgIpc) is 2.70. The summed E-state index contributed by atoms with van der Waals surface area (Å²) in [5, 5.41) is 11.2. The minimum Gasteiger partial charge on any atom is -0.321 e. The molecule has 0 aliphatic rings. The molecule has 1 amide bonds. The van der Waals surface area contributed by atoms with Gasteiger partial charge >= 0.3 is 48.4 Å². The summed E-state index contributed by atoms with van der Waals surface area (Å²) in [7, 11) is 0. The van der Waals surface area contributed by atoms with Gasteiger partial charge in [0.05, 0.1) is 4.92 Å². The third-order valence-corrected chi connectivity index (χ3v) is 3.99. The van der Waals surface area contributed by atoms with Crippen LogP contribution in [0.4, 0.5) is 86.0 Å². The summed E-state index contributed by atoms with van der Waals surface area (Å²) in [6, 6.07) is 1.27. The molecule has 1 N–H and O–H groups in total. The molecule has 0 saturated heterocycles. The first-order chi connectivity index (χ1) is 17.0. The Labute approximate surface area is 200 Å². The first kappa shape index (κ1) is 33.8. The predicted molar refractivity (Wildman–Crippen MR) is 84.6 cm³/mol. The number of benzene rings is 1. The van der Waals surface area contributed by atoms with Crippen molar-refractivity contribution in [2.24, 2.45) is 0 Å². The summed E-state index contributed by atoms with van der Waals surface area (Å²) in [6.45, 7) is 0. The number of carbonyl (C=O) groups excluding carboxylic acids is 1. The zero-order chi connectivity index (χ0) is 31.3. The highest BCUT2D eigenvalue weighted by atomic mass is 19.4. The number of nitrogens with zero attached hydrogens (tertiary/aromatic N) is 1. The standard InChI is InChI=1S/C15H5F17N2O5/c16-8(11(20,21)22,7(35)33-5-1-3-6(4-2-5)34(36)37)38-15(31,32)10(19,13(26,27)28)39-14(29,30)9(17,18)12(23,24)25/h1-4H,(H,33,35)/t8-,10+/m0/s1. The van der Waals surface area contributed by atoms with Crippen molar-refractivity contribution < 1.29 is 93.8 Å². The fraction of sp³-hybridized carbons (Fsp3) is 0.533. The number of hydrogen-bond acceptors (Lipinski definition) is 5. The summed E-state index contributed by atoms with van der Waals surface area (Å²) in [5.74, 6) is -26.6. The Hall–Kier alpha value is -3.18. The molecule has 1 aromatic carbocycles. The maximum atomic E-state index is 14.4. The Morgan fingerprint density at radius 2 is 1.10 bits per heavy atom. The summed E-state index contributed by atoms with van der Waals surface area (Å²) in [4.78, 5) is 21.0. The molecule has 0 bridgehead atoms. The third-order valence-electron chi connectivity index (χ3n) is 3.99. The van der Waals surface area contributed by atoms with Crippen molar-refractivity contribution in [1.29, 1.82) is 0 Å². The number of ether oxygens (including phenoxy) is 2. The molecule has 0 radical (unpaired) electrons.